The van der Waals surface area contributed by atoms with E-state index in [1.54, 1.807) is 13.0 Å². The Bertz CT molecular complexity index is 545. The van der Waals surface area contributed by atoms with E-state index in [-0.39, 0.29) is 18.0 Å². The normalized spacial score (nSPS) is 23.7. The maximum atomic E-state index is 13.3. The quantitative estimate of drug-likeness (QED) is 0.750. The molecule has 9 heteroatoms. The van der Waals surface area contributed by atoms with Crippen molar-refractivity contribution in [2.24, 2.45) is 0 Å². The van der Waals surface area contributed by atoms with Gasteiger partial charge in [0.1, 0.15) is 6.04 Å². The van der Waals surface area contributed by atoms with Crippen LogP contribution in [0.1, 0.15) is 12.5 Å². The molecular formula is C15H20ClF3N2O3. The molecule has 2 rings (SSSR count). The number of morpholine rings is 1. The average Bonchev–Trinajstić information content (AvgIpc) is 2.52. The second kappa shape index (κ2) is 8.15. The maximum Gasteiger partial charge on any atom is 0.423 e. The van der Waals surface area contributed by atoms with Crippen molar-refractivity contribution in [3.8, 4) is 0 Å². The summed E-state index contributed by atoms with van der Waals surface area (Å²) in [6.45, 7) is 1.56. The van der Waals surface area contributed by atoms with Crippen LogP contribution in [0.25, 0.3) is 0 Å². The minimum Gasteiger partial charge on any atom is -0.375 e. The van der Waals surface area contributed by atoms with E-state index in [4.69, 9.17) is 4.74 Å². The van der Waals surface area contributed by atoms with Crippen LogP contribution >= 0.6 is 12.4 Å². The number of hydrogen-bond acceptors (Lipinski definition) is 4. The van der Waals surface area contributed by atoms with E-state index in [9.17, 15) is 23.1 Å². The molecule has 0 radical (unpaired) electrons. The molecule has 1 aromatic carbocycles. The fraction of sp³-hybridized carbons (Fsp3) is 0.533. The number of rotatable bonds is 4. The van der Waals surface area contributed by atoms with Crippen LogP contribution in [0.2, 0.25) is 0 Å². The largest absolute Gasteiger partial charge is 0.423 e. The minimum absolute atomic E-state index is 0. The van der Waals surface area contributed by atoms with E-state index in [0.717, 1.165) is 0 Å². The van der Waals surface area contributed by atoms with Crippen molar-refractivity contribution < 1.29 is 27.8 Å². The molecule has 1 fully saturated rings. The first-order valence-corrected chi connectivity index (χ1v) is 7.23. The van der Waals surface area contributed by atoms with Crippen LogP contribution in [-0.2, 0) is 15.1 Å². The highest BCUT2D eigenvalue weighted by Gasteiger charge is 2.55. The molecule has 1 aliphatic rings. The summed E-state index contributed by atoms with van der Waals surface area (Å²) in [6, 6.07) is 5.93. The monoisotopic (exact) mass is 368 g/mol. The molecular weight excluding hydrogens is 349 g/mol. The summed E-state index contributed by atoms with van der Waals surface area (Å²) in [6.07, 6.45) is -5.39. The highest BCUT2D eigenvalue weighted by molar-refractivity contribution is 5.85. The second-order valence-electron chi connectivity index (χ2n) is 5.45. The number of ether oxygens (including phenoxy) is 1. The van der Waals surface area contributed by atoms with E-state index in [2.05, 4.69) is 10.6 Å². The van der Waals surface area contributed by atoms with Gasteiger partial charge in [0, 0.05) is 6.54 Å². The summed E-state index contributed by atoms with van der Waals surface area (Å²) >= 11 is 0. The van der Waals surface area contributed by atoms with Gasteiger partial charge in [-0.15, -0.1) is 12.4 Å². The van der Waals surface area contributed by atoms with Gasteiger partial charge in [-0.3, -0.25) is 4.79 Å². The SMILES string of the molecule is C[C@H]1OCCN[C@@H]1C(=O)NCC(O)(c1ccccc1)C(F)(F)F.Cl. The molecule has 3 atom stereocenters. The molecule has 1 aliphatic heterocycles. The van der Waals surface area contributed by atoms with Crippen molar-refractivity contribution in [1.82, 2.24) is 10.6 Å². The third kappa shape index (κ3) is 4.38. The predicted octanol–water partition coefficient (Wildman–Crippen LogP) is 1.35. The molecule has 24 heavy (non-hydrogen) atoms. The summed E-state index contributed by atoms with van der Waals surface area (Å²) in [5.41, 5.74) is -3.48. The van der Waals surface area contributed by atoms with Crippen molar-refractivity contribution in [2.45, 2.75) is 30.8 Å². The number of amides is 1. The molecule has 0 saturated carbocycles. The Balaban J connectivity index is 0.00000288. The molecule has 3 N–H and O–H groups in total. The number of benzene rings is 1. The minimum atomic E-state index is -4.93. The van der Waals surface area contributed by atoms with Crippen LogP contribution in [0, 0.1) is 0 Å². The van der Waals surface area contributed by atoms with Gasteiger partial charge in [-0.05, 0) is 12.5 Å². The molecule has 5 nitrogen and oxygen atoms in total. The Morgan fingerprint density at radius 3 is 2.54 bits per heavy atom. The van der Waals surface area contributed by atoms with Gasteiger partial charge in [0.15, 0.2) is 0 Å². The van der Waals surface area contributed by atoms with Gasteiger partial charge < -0.3 is 20.5 Å². The average molecular weight is 369 g/mol. The lowest BCUT2D eigenvalue weighted by Gasteiger charge is -2.33. The Morgan fingerprint density at radius 1 is 1.38 bits per heavy atom. The van der Waals surface area contributed by atoms with Crippen molar-refractivity contribution in [3.05, 3.63) is 35.9 Å². The molecule has 1 aromatic rings. The zero-order valence-electron chi connectivity index (χ0n) is 13.0. The second-order valence-corrected chi connectivity index (χ2v) is 5.45. The summed E-state index contributed by atoms with van der Waals surface area (Å²) < 4.78 is 45.2. The number of hydrogen-bond donors (Lipinski definition) is 3. The van der Waals surface area contributed by atoms with Gasteiger partial charge in [-0.2, -0.15) is 13.2 Å². The molecule has 1 heterocycles. The van der Waals surface area contributed by atoms with Gasteiger partial charge >= 0.3 is 6.18 Å². The summed E-state index contributed by atoms with van der Waals surface area (Å²) in [7, 11) is 0. The Labute approximate surface area is 144 Å². The molecule has 136 valence electrons. The van der Waals surface area contributed by atoms with Gasteiger partial charge in [0.2, 0.25) is 11.5 Å². The summed E-state index contributed by atoms with van der Waals surface area (Å²) in [5, 5.41) is 15.2. The lowest BCUT2D eigenvalue weighted by molar-refractivity contribution is -0.264. The predicted molar refractivity (Wildman–Crippen MR) is 83.9 cm³/mol. The van der Waals surface area contributed by atoms with Crippen LogP contribution < -0.4 is 10.6 Å². The Kier molecular flexibility index (Phi) is 7.03. The molecule has 1 saturated heterocycles. The van der Waals surface area contributed by atoms with Gasteiger partial charge in [0.25, 0.3) is 0 Å². The van der Waals surface area contributed by atoms with Crippen molar-refractivity contribution in [1.29, 1.82) is 0 Å². The standard InChI is InChI=1S/C15H19F3N2O3.ClH/c1-10-12(19-7-8-23-10)13(21)20-9-14(22,15(16,17)18)11-5-3-2-4-6-11;/h2-6,10,12,19,22H,7-9H2,1H3,(H,20,21);1H/t10-,12+,14?;/m1./s1. The van der Waals surface area contributed by atoms with Crippen LogP contribution in [0.4, 0.5) is 13.2 Å². The molecule has 1 unspecified atom stereocenters. The van der Waals surface area contributed by atoms with Crippen LogP contribution in [0.3, 0.4) is 0 Å². The first-order valence-electron chi connectivity index (χ1n) is 7.23. The first-order chi connectivity index (χ1) is 10.8. The fourth-order valence-corrected chi connectivity index (χ4v) is 2.43. The summed E-state index contributed by atoms with van der Waals surface area (Å²) in [4.78, 5) is 12.1. The van der Waals surface area contributed by atoms with Crippen molar-refractivity contribution >= 4 is 18.3 Å². The molecule has 0 bridgehead atoms. The van der Waals surface area contributed by atoms with Crippen molar-refractivity contribution in [3.63, 3.8) is 0 Å². The Hall–Kier alpha value is -1.35. The zero-order chi connectivity index (χ0) is 17.1. The topological polar surface area (TPSA) is 70.6 Å². The highest BCUT2D eigenvalue weighted by atomic mass is 35.5. The number of alkyl halides is 3. The zero-order valence-corrected chi connectivity index (χ0v) is 13.8. The maximum absolute atomic E-state index is 13.3. The smallest absolute Gasteiger partial charge is 0.375 e. The van der Waals surface area contributed by atoms with Crippen molar-refractivity contribution in [2.75, 3.05) is 19.7 Å². The first kappa shape index (κ1) is 20.7. The van der Waals surface area contributed by atoms with Crippen LogP contribution in [0.5, 0.6) is 0 Å². The van der Waals surface area contributed by atoms with Crippen LogP contribution in [0.15, 0.2) is 30.3 Å². The molecule has 1 amide bonds. The number of nitrogens with one attached hydrogen (secondary N) is 2. The summed E-state index contributed by atoms with van der Waals surface area (Å²) in [5.74, 6) is -0.643. The van der Waals surface area contributed by atoms with Gasteiger partial charge in [-0.25, -0.2) is 0 Å². The number of aliphatic hydroxyl groups is 1. The number of carbonyl (C=O) groups is 1. The number of carbonyl (C=O) groups excluding carboxylic acids is 1. The molecule has 0 aliphatic carbocycles. The third-order valence-electron chi connectivity index (χ3n) is 3.84. The molecule has 0 aromatic heterocycles. The molecule has 0 spiro atoms. The Morgan fingerprint density at radius 2 is 2.00 bits per heavy atom. The van der Waals surface area contributed by atoms with E-state index in [0.29, 0.717) is 13.2 Å². The van der Waals surface area contributed by atoms with E-state index in [1.165, 1.54) is 24.3 Å². The third-order valence-corrected chi connectivity index (χ3v) is 3.84. The van der Waals surface area contributed by atoms with Gasteiger partial charge in [-0.1, -0.05) is 30.3 Å². The lowest BCUT2D eigenvalue weighted by Crippen LogP contribution is -2.58. The fourth-order valence-electron chi connectivity index (χ4n) is 2.43. The van der Waals surface area contributed by atoms with E-state index >= 15 is 0 Å². The lowest BCUT2D eigenvalue weighted by atomic mass is 9.92. The highest BCUT2D eigenvalue weighted by Crippen LogP contribution is 2.38. The van der Waals surface area contributed by atoms with Crippen LogP contribution in [-0.4, -0.2) is 49.0 Å². The van der Waals surface area contributed by atoms with Gasteiger partial charge in [0.05, 0.1) is 19.3 Å². The number of halogens is 4. The van der Waals surface area contributed by atoms with E-state index in [1.807, 2.05) is 0 Å². The van der Waals surface area contributed by atoms with E-state index < -0.39 is 36.4 Å².